The highest BCUT2D eigenvalue weighted by Gasteiger charge is 2.26. The highest BCUT2D eigenvalue weighted by molar-refractivity contribution is 5.86. The molecular weight excluding hydrogens is 256 g/mol. The van der Waals surface area contributed by atoms with Crippen molar-refractivity contribution < 1.29 is 4.74 Å². The second kappa shape index (κ2) is 5.62. The largest absolute Gasteiger partial charge is 0.378 e. The van der Waals surface area contributed by atoms with E-state index in [0.717, 1.165) is 42.8 Å². The van der Waals surface area contributed by atoms with Gasteiger partial charge in [-0.25, -0.2) is 0 Å². The molecule has 3 N–H and O–H groups in total. The van der Waals surface area contributed by atoms with E-state index >= 15 is 0 Å². The Kier molecular flexibility index (Phi) is 3.68. The quantitative estimate of drug-likeness (QED) is 0.769. The fraction of sp³-hybridized carbons (Fsp3) is 0.615. The van der Waals surface area contributed by atoms with E-state index in [0.29, 0.717) is 18.0 Å². The van der Waals surface area contributed by atoms with Crippen molar-refractivity contribution >= 4 is 22.8 Å². The summed E-state index contributed by atoms with van der Waals surface area (Å²) in [7, 11) is 1.80. The van der Waals surface area contributed by atoms with Crippen molar-refractivity contribution in [2.45, 2.75) is 25.9 Å². The van der Waals surface area contributed by atoms with E-state index in [1.54, 1.807) is 13.2 Å². The third-order valence-corrected chi connectivity index (χ3v) is 3.81. The number of ether oxygens (including phenoxy) is 1. The first-order chi connectivity index (χ1) is 9.81. The second-order valence-corrected chi connectivity index (χ2v) is 5.03. The fourth-order valence-corrected chi connectivity index (χ4v) is 2.69. The van der Waals surface area contributed by atoms with Crippen LogP contribution in [-0.2, 0) is 4.74 Å². The molecule has 2 aromatic rings. The molecule has 1 fully saturated rings. The summed E-state index contributed by atoms with van der Waals surface area (Å²) in [6.07, 6.45) is 4.26. The number of rotatable bonds is 5. The average Bonchev–Trinajstić information content (AvgIpc) is 3.12. The number of aromatic amines is 1. The summed E-state index contributed by atoms with van der Waals surface area (Å²) < 4.78 is 5.72. The molecule has 2 unspecified atom stereocenters. The van der Waals surface area contributed by atoms with Crippen molar-refractivity contribution in [1.82, 2.24) is 20.2 Å². The van der Waals surface area contributed by atoms with Crippen molar-refractivity contribution in [1.29, 1.82) is 0 Å². The molecule has 0 bridgehead atoms. The molecule has 2 aromatic heterocycles. The Morgan fingerprint density at radius 3 is 3.15 bits per heavy atom. The van der Waals surface area contributed by atoms with Gasteiger partial charge >= 0.3 is 0 Å². The number of hydrogen-bond acceptors (Lipinski definition) is 6. The summed E-state index contributed by atoms with van der Waals surface area (Å²) in [6.45, 7) is 3.89. The first-order valence-corrected chi connectivity index (χ1v) is 7.06. The van der Waals surface area contributed by atoms with Crippen LogP contribution in [0.5, 0.6) is 0 Å². The predicted octanol–water partition coefficient (Wildman–Crippen LogP) is 1.62. The molecule has 0 aromatic carbocycles. The molecule has 0 amide bonds. The van der Waals surface area contributed by atoms with Crippen LogP contribution in [0, 0.1) is 5.92 Å². The minimum Gasteiger partial charge on any atom is -0.378 e. The zero-order chi connectivity index (χ0) is 13.9. The standard InChI is InChI=1S/C13H20N6O/c1-3-10-8(4-5-20-10)6-15-11-9-7-16-19-12(9)18-13(14-2)17-11/h7-8,10H,3-6H2,1-2H3,(H3,14,15,16,17,18,19). The van der Waals surface area contributed by atoms with Gasteiger partial charge < -0.3 is 15.4 Å². The van der Waals surface area contributed by atoms with E-state index in [4.69, 9.17) is 4.74 Å². The Balaban J connectivity index is 1.78. The van der Waals surface area contributed by atoms with Crippen LogP contribution in [0.1, 0.15) is 19.8 Å². The van der Waals surface area contributed by atoms with Crippen LogP contribution in [0.2, 0.25) is 0 Å². The summed E-state index contributed by atoms with van der Waals surface area (Å²) in [5.74, 6) is 1.93. The summed E-state index contributed by atoms with van der Waals surface area (Å²) in [6, 6.07) is 0. The Morgan fingerprint density at radius 2 is 2.35 bits per heavy atom. The number of hydrogen-bond donors (Lipinski definition) is 3. The van der Waals surface area contributed by atoms with Crippen LogP contribution in [0.3, 0.4) is 0 Å². The Labute approximate surface area is 117 Å². The highest BCUT2D eigenvalue weighted by Crippen LogP contribution is 2.25. The van der Waals surface area contributed by atoms with E-state index < -0.39 is 0 Å². The van der Waals surface area contributed by atoms with Crippen LogP contribution in [-0.4, -0.2) is 46.5 Å². The van der Waals surface area contributed by atoms with Gasteiger partial charge in [0.1, 0.15) is 5.82 Å². The van der Waals surface area contributed by atoms with Crippen LogP contribution in [0.25, 0.3) is 11.0 Å². The van der Waals surface area contributed by atoms with Gasteiger partial charge in [-0.3, -0.25) is 5.10 Å². The third kappa shape index (κ3) is 2.40. The molecular formula is C13H20N6O. The number of anilines is 2. The smallest absolute Gasteiger partial charge is 0.226 e. The van der Waals surface area contributed by atoms with E-state index in [2.05, 4.69) is 37.7 Å². The van der Waals surface area contributed by atoms with Crippen molar-refractivity contribution in [3.05, 3.63) is 6.20 Å². The van der Waals surface area contributed by atoms with Gasteiger partial charge in [-0.05, 0) is 12.8 Å². The van der Waals surface area contributed by atoms with Gasteiger partial charge in [-0.1, -0.05) is 6.92 Å². The molecule has 7 heteroatoms. The average molecular weight is 276 g/mol. The van der Waals surface area contributed by atoms with Crippen LogP contribution < -0.4 is 10.6 Å². The Bertz CT molecular complexity index is 583. The van der Waals surface area contributed by atoms with Crippen molar-refractivity contribution in [2.24, 2.45) is 5.92 Å². The Hall–Kier alpha value is -1.89. The molecule has 1 aliphatic rings. The van der Waals surface area contributed by atoms with Crippen molar-refractivity contribution in [3.8, 4) is 0 Å². The lowest BCUT2D eigenvalue weighted by Crippen LogP contribution is -2.23. The lowest BCUT2D eigenvalue weighted by Gasteiger charge is -2.18. The van der Waals surface area contributed by atoms with Gasteiger partial charge in [-0.15, -0.1) is 0 Å². The molecule has 1 saturated heterocycles. The minimum absolute atomic E-state index is 0.355. The molecule has 2 atom stereocenters. The predicted molar refractivity (Wildman–Crippen MR) is 77.9 cm³/mol. The molecule has 3 heterocycles. The van der Waals surface area contributed by atoms with Crippen LogP contribution in [0.15, 0.2) is 6.20 Å². The Morgan fingerprint density at radius 1 is 1.45 bits per heavy atom. The van der Waals surface area contributed by atoms with Crippen LogP contribution in [0.4, 0.5) is 11.8 Å². The lowest BCUT2D eigenvalue weighted by molar-refractivity contribution is 0.0900. The van der Waals surface area contributed by atoms with Gasteiger partial charge in [0.25, 0.3) is 0 Å². The first kappa shape index (κ1) is 13.1. The fourth-order valence-electron chi connectivity index (χ4n) is 2.69. The highest BCUT2D eigenvalue weighted by atomic mass is 16.5. The first-order valence-electron chi connectivity index (χ1n) is 7.06. The summed E-state index contributed by atoms with van der Waals surface area (Å²) in [4.78, 5) is 8.79. The maximum absolute atomic E-state index is 5.72. The molecule has 0 spiro atoms. The zero-order valence-corrected chi connectivity index (χ0v) is 11.8. The van der Waals surface area contributed by atoms with Gasteiger partial charge in [0.2, 0.25) is 5.95 Å². The van der Waals surface area contributed by atoms with E-state index in [1.165, 1.54) is 0 Å². The van der Waals surface area contributed by atoms with Crippen molar-refractivity contribution in [2.75, 3.05) is 30.8 Å². The molecule has 20 heavy (non-hydrogen) atoms. The minimum atomic E-state index is 0.355. The van der Waals surface area contributed by atoms with Gasteiger partial charge in [0, 0.05) is 26.1 Å². The molecule has 7 nitrogen and oxygen atoms in total. The van der Waals surface area contributed by atoms with E-state index in [1.807, 2.05) is 0 Å². The topological polar surface area (TPSA) is 87.8 Å². The summed E-state index contributed by atoms with van der Waals surface area (Å²) in [5.41, 5.74) is 0.738. The van der Waals surface area contributed by atoms with Gasteiger partial charge in [0.15, 0.2) is 5.65 Å². The molecule has 0 saturated carbocycles. The molecule has 3 rings (SSSR count). The van der Waals surface area contributed by atoms with E-state index in [-0.39, 0.29) is 0 Å². The van der Waals surface area contributed by atoms with Gasteiger partial charge in [-0.2, -0.15) is 15.1 Å². The monoisotopic (exact) mass is 276 g/mol. The van der Waals surface area contributed by atoms with Crippen molar-refractivity contribution in [3.63, 3.8) is 0 Å². The number of nitrogens with zero attached hydrogens (tertiary/aromatic N) is 3. The number of fused-ring (bicyclic) bond motifs is 1. The zero-order valence-electron chi connectivity index (χ0n) is 11.8. The molecule has 0 radical (unpaired) electrons. The summed E-state index contributed by atoms with van der Waals surface area (Å²) >= 11 is 0. The number of nitrogens with one attached hydrogen (secondary N) is 3. The third-order valence-electron chi connectivity index (χ3n) is 3.81. The van der Waals surface area contributed by atoms with Crippen LogP contribution >= 0.6 is 0 Å². The molecule has 1 aliphatic heterocycles. The maximum atomic E-state index is 5.72. The molecule has 108 valence electrons. The summed E-state index contributed by atoms with van der Waals surface area (Å²) in [5, 5.41) is 14.2. The lowest BCUT2D eigenvalue weighted by atomic mass is 10.00. The number of aromatic nitrogens is 4. The maximum Gasteiger partial charge on any atom is 0.226 e. The second-order valence-electron chi connectivity index (χ2n) is 5.03. The van der Waals surface area contributed by atoms with E-state index in [9.17, 15) is 0 Å². The SMILES string of the molecule is CCC1OCCC1CNc1nc(NC)nc2[nH]ncc12. The molecule has 0 aliphatic carbocycles. The normalized spacial score (nSPS) is 22.3. The van der Waals surface area contributed by atoms with Gasteiger partial charge in [0.05, 0.1) is 17.7 Å². The number of H-pyrrole nitrogens is 1.